The summed E-state index contributed by atoms with van der Waals surface area (Å²) in [5.74, 6) is 1.56. The Morgan fingerprint density at radius 1 is 1.11 bits per heavy atom. The number of aromatic hydroxyl groups is 1. The SMILES string of the molecule is COc1ccccc1-c1ncc2cccc(O)n12. The first-order chi connectivity index (χ1) is 8.81. The molecule has 0 radical (unpaired) electrons. The molecule has 0 spiro atoms. The fourth-order valence-electron chi connectivity index (χ4n) is 2.05. The van der Waals surface area contributed by atoms with E-state index in [1.165, 1.54) is 0 Å². The minimum atomic E-state index is 0.158. The molecular formula is C14H12N2O2. The predicted octanol–water partition coefficient (Wildman–Crippen LogP) is 2.72. The number of nitrogens with zero attached hydrogens (tertiary/aromatic N) is 2. The van der Waals surface area contributed by atoms with Crippen LogP contribution in [0.15, 0.2) is 48.7 Å². The van der Waals surface area contributed by atoms with Gasteiger partial charge in [-0.1, -0.05) is 18.2 Å². The first-order valence-corrected chi connectivity index (χ1v) is 5.60. The monoisotopic (exact) mass is 240 g/mol. The number of fused-ring (bicyclic) bond motifs is 1. The number of hydrogen-bond donors (Lipinski definition) is 1. The van der Waals surface area contributed by atoms with Gasteiger partial charge in [-0.05, 0) is 24.3 Å². The topological polar surface area (TPSA) is 46.8 Å². The van der Waals surface area contributed by atoms with Crippen LogP contribution in [-0.2, 0) is 0 Å². The zero-order valence-electron chi connectivity index (χ0n) is 9.87. The Morgan fingerprint density at radius 3 is 2.78 bits per heavy atom. The van der Waals surface area contributed by atoms with Crippen LogP contribution in [0.25, 0.3) is 16.9 Å². The minimum Gasteiger partial charge on any atom is -0.496 e. The van der Waals surface area contributed by atoms with Gasteiger partial charge in [-0.2, -0.15) is 0 Å². The van der Waals surface area contributed by atoms with Crippen LogP contribution in [0.5, 0.6) is 11.6 Å². The average Bonchev–Trinajstić information content (AvgIpc) is 2.84. The van der Waals surface area contributed by atoms with E-state index in [9.17, 15) is 5.11 Å². The average molecular weight is 240 g/mol. The van der Waals surface area contributed by atoms with Crippen LogP contribution < -0.4 is 4.74 Å². The van der Waals surface area contributed by atoms with Gasteiger partial charge < -0.3 is 9.84 Å². The fourth-order valence-corrected chi connectivity index (χ4v) is 2.05. The lowest BCUT2D eigenvalue weighted by molar-refractivity contribution is 0.415. The number of benzene rings is 1. The Labute approximate surface area is 104 Å². The third-order valence-corrected chi connectivity index (χ3v) is 2.88. The second-order valence-electron chi connectivity index (χ2n) is 3.93. The van der Waals surface area contributed by atoms with Crippen molar-refractivity contribution in [3.63, 3.8) is 0 Å². The van der Waals surface area contributed by atoms with Crippen molar-refractivity contribution < 1.29 is 9.84 Å². The molecule has 0 aliphatic heterocycles. The third-order valence-electron chi connectivity index (χ3n) is 2.88. The van der Waals surface area contributed by atoms with Gasteiger partial charge in [0.1, 0.15) is 5.75 Å². The first kappa shape index (κ1) is 10.7. The van der Waals surface area contributed by atoms with Crippen molar-refractivity contribution in [2.75, 3.05) is 7.11 Å². The second kappa shape index (κ2) is 4.07. The molecule has 4 heteroatoms. The highest BCUT2D eigenvalue weighted by atomic mass is 16.5. The number of pyridine rings is 1. The van der Waals surface area contributed by atoms with E-state index < -0.39 is 0 Å². The van der Waals surface area contributed by atoms with Gasteiger partial charge in [0.25, 0.3) is 0 Å². The lowest BCUT2D eigenvalue weighted by Gasteiger charge is -2.08. The van der Waals surface area contributed by atoms with Crippen LogP contribution in [0.2, 0.25) is 0 Å². The molecule has 1 aromatic carbocycles. The zero-order chi connectivity index (χ0) is 12.5. The van der Waals surface area contributed by atoms with Gasteiger partial charge in [0.15, 0.2) is 11.7 Å². The molecule has 1 N–H and O–H groups in total. The molecule has 2 aromatic heterocycles. The van der Waals surface area contributed by atoms with Gasteiger partial charge in [-0.15, -0.1) is 0 Å². The largest absolute Gasteiger partial charge is 0.496 e. The maximum Gasteiger partial charge on any atom is 0.197 e. The summed E-state index contributed by atoms with van der Waals surface area (Å²) in [5.41, 5.74) is 1.69. The van der Waals surface area contributed by atoms with Crippen molar-refractivity contribution in [1.82, 2.24) is 9.38 Å². The normalized spacial score (nSPS) is 10.7. The molecule has 0 saturated heterocycles. The quantitative estimate of drug-likeness (QED) is 0.749. The van der Waals surface area contributed by atoms with E-state index in [1.807, 2.05) is 30.3 Å². The summed E-state index contributed by atoms with van der Waals surface area (Å²) in [5, 5.41) is 9.95. The van der Waals surface area contributed by atoms with Crippen molar-refractivity contribution in [3.05, 3.63) is 48.7 Å². The van der Waals surface area contributed by atoms with E-state index in [2.05, 4.69) is 4.98 Å². The molecule has 90 valence electrons. The fraction of sp³-hybridized carbons (Fsp3) is 0.0714. The van der Waals surface area contributed by atoms with Gasteiger partial charge >= 0.3 is 0 Å². The summed E-state index contributed by atoms with van der Waals surface area (Å²) in [6.45, 7) is 0. The molecule has 0 saturated carbocycles. The minimum absolute atomic E-state index is 0.158. The zero-order valence-corrected chi connectivity index (χ0v) is 9.87. The van der Waals surface area contributed by atoms with Gasteiger partial charge in [-0.3, -0.25) is 4.40 Å². The van der Waals surface area contributed by atoms with E-state index in [-0.39, 0.29) is 5.88 Å². The molecule has 0 aliphatic rings. The number of methoxy groups -OCH3 is 1. The lowest BCUT2D eigenvalue weighted by atomic mass is 10.2. The number of imidazole rings is 1. The molecule has 0 aliphatic carbocycles. The van der Waals surface area contributed by atoms with E-state index in [0.29, 0.717) is 5.82 Å². The van der Waals surface area contributed by atoms with E-state index in [0.717, 1.165) is 16.8 Å². The van der Waals surface area contributed by atoms with Crippen LogP contribution in [0.4, 0.5) is 0 Å². The van der Waals surface area contributed by atoms with Crippen molar-refractivity contribution in [1.29, 1.82) is 0 Å². The Balaban J connectivity index is 2.32. The number of hydrogen-bond acceptors (Lipinski definition) is 3. The molecule has 0 bridgehead atoms. The first-order valence-electron chi connectivity index (χ1n) is 5.60. The van der Waals surface area contributed by atoms with E-state index in [4.69, 9.17) is 4.74 Å². The number of ether oxygens (including phenoxy) is 1. The van der Waals surface area contributed by atoms with Crippen LogP contribution in [0.3, 0.4) is 0 Å². The summed E-state index contributed by atoms with van der Waals surface area (Å²) < 4.78 is 7.02. The molecule has 4 nitrogen and oxygen atoms in total. The van der Waals surface area contributed by atoms with Crippen LogP contribution in [-0.4, -0.2) is 21.6 Å². The molecule has 2 heterocycles. The smallest absolute Gasteiger partial charge is 0.197 e. The van der Waals surface area contributed by atoms with Crippen molar-refractivity contribution >= 4 is 5.52 Å². The maximum absolute atomic E-state index is 9.95. The third kappa shape index (κ3) is 1.50. The van der Waals surface area contributed by atoms with Crippen LogP contribution in [0.1, 0.15) is 0 Å². The van der Waals surface area contributed by atoms with E-state index >= 15 is 0 Å². The lowest BCUT2D eigenvalue weighted by Crippen LogP contribution is -1.93. The molecule has 0 unspecified atom stereocenters. The molecule has 3 rings (SSSR count). The number of rotatable bonds is 2. The molecular weight excluding hydrogens is 228 g/mol. The summed E-state index contributed by atoms with van der Waals surface area (Å²) >= 11 is 0. The highest BCUT2D eigenvalue weighted by Gasteiger charge is 2.12. The second-order valence-corrected chi connectivity index (χ2v) is 3.93. The number of para-hydroxylation sites is 1. The molecule has 3 aromatic rings. The maximum atomic E-state index is 9.95. The molecule has 0 amide bonds. The molecule has 0 fully saturated rings. The van der Waals surface area contributed by atoms with Gasteiger partial charge in [0.05, 0.1) is 24.4 Å². The number of aromatic nitrogens is 2. The predicted molar refractivity (Wildman–Crippen MR) is 68.8 cm³/mol. The van der Waals surface area contributed by atoms with E-state index in [1.54, 1.807) is 29.8 Å². The molecule has 0 atom stereocenters. The van der Waals surface area contributed by atoms with Crippen molar-refractivity contribution in [2.45, 2.75) is 0 Å². The summed E-state index contributed by atoms with van der Waals surface area (Å²) in [6.07, 6.45) is 1.72. The van der Waals surface area contributed by atoms with Gasteiger partial charge in [0, 0.05) is 0 Å². The van der Waals surface area contributed by atoms with Crippen molar-refractivity contribution in [2.24, 2.45) is 0 Å². The Bertz CT molecular complexity index is 704. The summed E-state index contributed by atoms with van der Waals surface area (Å²) in [6, 6.07) is 12.9. The molecule has 18 heavy (non-hydrogen) atoms. The summed E-state index contributed by atoms with van der Waals surface area (Å²) in [7, 11) is 1.62. The Hall–Kier alpha value is -2.49. The van der Waals surface area contributed by atoms with Gasteiger partial charge in [0.2, 0.25) is 0 Å². The standard InChI is InChI=1S/C14H12N2O2/c1-18-12-7-3-2-6-11(12)14-15-9-10-5-4-8-13(17)16(10)14/h2-9,17H,1H3. The van der Waals surface area contributed by atoms with Crippen molar-refractivity contribution in [3.8, 4) is 23.0 Å². The summed E-state index contributed by atoms with van der Waals surface area (Å²) in [4.78, 5) is 4.36. The highest BCUT2D eigenvalue weighted by Crippen LogP contribution is 2.31. The van der Waals surface area contributed by atoms with Gasteiger partial charge in [-0.25, -0.2) is 4.98 Å². The highest BCUT2D eigenvalue weighted by molar-refractivity contribution is 5.69. The Kier molecular flexibility index (Phi) is 2.41. The van der Waals surface area contributed by atoms with Crippen LogP contribution in [0, 0.1) is 0 Å². The van der Waals surface area contributed by atoms with Crippen LogP contribution >= 0.6 is 0 Å². The Morgan fingerprint density at radius 2 is 1.94 bits per heavy atom.